The van der Waals surface area contributed by atoms with Crippen LogP contribution in [0.1, 0.15) is 24.9 Å². The number of rotatable bonds is 4. The highest BCUT2D eigenvalue weighted by Gasteiger charge is 2.51. The van der Waals surface area contributed by atoms with Gasteiger partial charge in [0.25, 0.3) is 0 Å². The number of hydrogen-bond acceptors (Lipinski definition) is 3. The fourth-order valence-corrected chi connectivity index (χ4v) is 3.56. The molecule has 1 aromatic rings. The molecule has 0 spiro atoms. The summed E-state index contributed by atoms with van der Waals surface area (Å²) in [5, 5.41) is 12.3. The number of carbonyl (C=O) groups excluding carboxylic acids is 1. The van der Waals surface area contributed by atoms with Crippen LogP contribution in [0.3, 0.4) is 0 Å². The van der Waals surface area contributed by atoms with E-state index in [2.05, 4.69) is 10.3 Å². The average Bonchev–Trinajstić information content (AvgIpc) is 3.08. The first-order chi connectivity index (χ1) is 10.1. The van der Waals surface area contributed by atoms with Crippen molar-refractivity contribution in [1.82, 2.24) is 10.3 Å². The second kappa shape index (κ2) is 5.31. The number of hydrogen-bond donors (Lipinski definition) is 2. The van der Waals surface area contributed by atoms with Crippen molar-refractivity contribution in [1.29, 1.82) is 0 Å². The molecule has 21 heavy (non-hydrogen) atoms. The number of nitrogens with one attached hydrogen (secondary N) is 1. The summed E-state index contributed by atoms with van der Waals surface area (Å²) in [4.78, 5) is 27.9. The van der Waals surface area contributed by atoms with Crippen LogP contribution in [0.25, 0.3) is 0 Å². The monoisotopic (exact) mass is 286 g/mol. The van der Waals surface area contributed by atoms with Crippen molar-refractivity contribution >= 4 is 11.9 Å². The molecule has 1 amide bonds. The standard InChI is InChI=1S/C16H18N2O3/c1-9(10-4-6-17-7-5-10)18-15(19)13-11-2-3-12(8-11)14(13)16(20)21/h2-7,9,11-14H,8H2,1H3,(H,18,19)(H,20,21). The minimum Gasteiger partial charge on any atom is -0.481 e. The van der Waals surface area contributed by atoms with Crippen LogP contribution >= 0.6 is 0 Å². The Morgan fingerprint density at radius 1 is 1.24 bits per heavy atom. The van der Waals surface area contributed by atoms with Crippen molar-refractivity contribution in [2.75, 3.05) is 0 Å². The molecule has 0 saturated heterocycles. The van der Waals surface area contributed by atoms with Gasteiger partial charge in [0.05, 0.1) is 17.9 Å². The van der Waals surface area contributed by atoms with E-state index in [-0.39, 0.29) is 23.8 Å². The second-order valence-electron chi connectivity index (χ2n) is 5.85. The highest BCUT2D eigenvalue weighted by Crippen LogP contribution is 2.48. The molecule has 1 heterocycles. The van der Waals surface area contributed by atoms with E-state index >= 15 is 0 Å². The summed E-state index contributed by atoms with van der Waals surface area (Å²) in [5.74, 6) is -2.03. The van der Waals surface area contributed by atoms with Gasteiger partial charge in [0.2, 0.25) is 5.91 Å². The molecule has 1 aromatic heterocycles. The molecule has 5 atom stereocenters. The largest absolute Gasteiger partial charge is 0.481 e. The van der Waals surface area contributed by atoms with Gasteiger partial charge in [-0.1, -0.05) is 12.2 Å². The summed E-state index contributed by atoms with van der Waals surface area (Å²) >= 11 is 0. The fourth-order valence-electron chi connectivity index (χ4n) is 3.56. The first kappa shape index (κ1) is 13.8. The minimum absolute atomic E-state index is 0.000480. The van der Waals surface area contributed by atoms with Crippen LogP contribution < -0.4 is 5.32 Å². The zero-order valence-corrected chi connectivity index (χ0v) is 11.8. The molecule has 1 fully saturated rings. The zero-order valence-electron chi connectivity index (χ0n) is 11.8. The predicted octanol–water partition coefficient (Wildman–Crippen LogP) is 1.78. The maximum atomic E-state index is 12.5. The number of aromatic nitrogens is 1. The topological polar surface area (TPSA) is 79.3 Å². The SMILES string of the molecule is CC(NC(=O)C1C2C=CC(C2)C1C(=O)O)c1ccncc1. The van der Waals surface area contributed by atoms with Gasteiger partial charge in [-0.05, 0) is 42.9 Å². The van der Waals surface area contributed by atoms with Crippen LogP contribution in [0.5, 0.6) is 0 Å². The Labute approximate surface area is 123 Å². The van der Waals surface area contributed by atoms with E-state index in [1.54, 1.807) is 12.4 Å². The van der Waals surface area contributed by atoms with E-state index in [9.17, 15) is 14.7 Å². The number of allylic oxidation sites excluding steroid dienone is 2. The summed E-state index contributed by atoms with van der Waals surface area (Å²) < 4.78 is 0. The third-order valence-corrected chi connectivity index (χ3v) is 4.61. The number of fused-ring (bicyclic) bond motifs is 2. The van der Waals surface area contributed by atoms with Crippen molar-refractivity contribution in [3.05, 3.63) is 42.2 Å². The van der Waals surface area contributed by atoms with Crippen molar-refractivity contribution < 1.29 is 14.7 Å². The van der Waals surface area contributed by atoms with Crippen molar-refractivity contribution in [3.63, 3.8) is 0 Å². The van der Waals surface area contributed by atoms with Gasteiger partial charge in [0, 0.05) is 12.4 Å². The molecule has 110 valence electrons. The van der Waals surface area contributed by atoms with Crippen molar-refractivity contribution in [3.8, 4) is 0 Å². The van der Waals surface area contributed by atoms with Gasteiger partial charge in [-0.25, -0.2) is 0 Å². The van der Waals surface area contributed by atoms with Crippen molar-refractivity contribution in [2.45, 2.75) is 19.4 Å². The van der Waals surface area contributed by atoms with Crippen LogP contribution in [0, 0.1) is 23.7 Å². The molecular formula is C16H18N2O3. The number of carboxylic acids is 1. The Bertz CT molecular complexity index is 584. The lowest BCUT2D eigenvalue weighted by Gasteiger charge is -2.25. The summed E-state index contributed by atoms with van der Waals surface area (Å²) in [7, 11) is 0. The van der Waals surface area contributed by atoms with E-state index in [0.717, 1.165) is 12.0 Å². The molecule has 2 N–H and O–H groups in total. The second-order valence-corrected chi connectivity index (χ2v) is 5.85. The van der Waals surface area contributed by atoms with Crippen LogP contribution in [-0.4, -0.2) is 22.0 Å². The molecule has 5 nitrogen and oxygen atoms in total. The Balaban J connectivity index is 1.73. The van der Waals surface area contributed by atoms with E-state index in [1.165, 1.54) is 0 Å². The van der Waals surface area contributed by atoms with Gasteiger partial charge in [-0.3, -0.25) is 14.6 Å². The quantitative estimate of drug-likeness (QED) is 0.827. The van der Waals surface area contributed by atoms with Gasteiger partial charge < -0.3 is 10.4 Å². The molecule has 5 unspecified atom stereocenters. The van der Waals surface area contributed by atoms with E-state index in [1.807, 2.05) is 31.2 Å². The normalized spacial score (nSPS) is 31.1. The van der Waals surface area contributed by atoms with Gasteiger partial charge in [-0.15, -0.1) is 0 Å². The number of amides is 1. The van der Waals surface area contributed by atoms with E-state index in [0.29, 0.717) is 0 Å². The number of carbonyl (C=O) groups is 2. The highest BCUT2D eigenvalue weighted by atomic mass is 16.4. The third-order valence-electron chi connectivity index (χ3n) is 4.61. The van der Waals surface area contributed by atoms with Gasteiger partial charge >= 0.3 is 5.97 Å². The molecular weight excluding hydrogens is 268 g/mol. The van der Waals surface area contributed by atoms with E-state index in [4.69, 9.17) is 0 Å². The smallest absolute Gasteiger partial charge is 0.307 e. The predicted molar refractivity (Wildman–Crippen MR) is 76.1 cm³/mol. The van der Waals surface area contributed by atoms with E-state index < -0.39 is 17.8 Å². The molecule has 0 radical (unpaired) electrons. The lowest BCUT2D eigenvalue weighted by atomic mass is 9.82. The van der Waals surface area contributed by atoms with Crippen LogP contribution in [-0.2, 0) is 9.59 Å². The molecule has 0 aromatic carbocycles. The summed E-state index contributed by atoms with van der Waals surface area (Å²) in [6.07, 6.45) is 8.07. The summed E-state index contributed by atoms with van der Waals surface area (Å²) in [6.45, 7) is 1.89. The molecule has 1 saturated carbocycles. The minimum atomic E-state index is -0.872. The van der Waals surface area contributed by atoms with Crippen LogP contribution in [0.15, 0.2) is 36.7 Å². The van der Waals surface area contributed by atoms with Crippen LogP contribution in [0.2, 0.25) is 0 Å². The van der Waals surface area contributed by atoms with Gasteiger partial charge in [0.15, 0.2) is 0 Å². The Kier molecular flexibility index (Phi) is 3.49. The van der Waals surface area contributed by atoms with Gasteiger partial charge in [0.1, 0.15) is 0 Å². The molecule has 0 aliphatic heterocycles. The van der Waals surface area contributed by atoms with Gasteiger partial charge in [-0.2, -0.15) is 0 Å². The maximum absolute atomic E-state index is 12.5. The lowest BCUT2D eigenvalue weighted by molar-refractivity contribution is -0.148. The Morgan fingerprint density at radius 3 is 2.48 bits per heavy atom. The molecule has 2 aliphatic carbocycles. The fraction of sp³-hybridized carbons (Fsp3) is 0.438. The highest BCUT2D eigenvalue weighted by molar-refractivity contribution is 5.87. The lowest BCUT2D eigenvalue weighted by Crippen LogP contribution is -2.41. The number of nitrogens with zero attached hydrogens (tertiary/aromatic N) is 1. The summed E-state index contributed by atoms with van der Waals surface area (Å²) in [6, 6.07) is 3.54. The number of pyridine rings is 1. The number of carboxylic acid groups (broad SMARTS) is 1. The molecule has 5 heteroatoms. The molecule has 3 rings (SSSR count). The van der Waals surface area contributed by atoms with Crippen molar-refractivity contribution in [2.24, 2.45) is 23.7 Å². The summed E-state index contributed by atoms with van der Waals surface area (Å²) in [5.41, 5.74) is 0.962. The maximum Gasteiger partial charge on any atom is 0.307 e. The Hall–Kier alpha value is -2.17. The molecule has 2 aliphatic rings. The molecule has 2 bridgehead atoms. The zero-order chi connectivity index (χ0) is 15.0. The average molecular weight is 286 g/mol. The third kappa shape index (κ3) is 2.44. The Morgan fingerprint density at radius 2 is 1.86 bits per heavy atom. The number of aliphatic carboxylic acids is 1. The first-order valence-electron chi connectivity index (χ1n) is 7.19. The first-order valence-corrected chi connectivity index (χ1v) is 7.19. The van der Waals surface area contributed by atoms with Crippen LogP contribution in [0.4, 0.5) is 0 Å².